The molecule has 1 unspecified atom stereocenters. The molecule has 1 aromatic heterocycles. The Morgan fingerprint density at radius 2 is 1.72 bits per heavy atom. The van der Waals surface area contributed by atoms with Crippen molar-refractivity contribution in [3.8, 4) is 17.0 Å². The van der Waals surface area contributed by atoms with Crippen molar-refractivity contribution in [2.24, 2.45) is 10.8 Å². The van der Waals surface area contributed by atoms with Crippen LogP contribution in [0.5, 0.6) is 5.75 Å². The van der Waals surface area contributed by atoms with E-state index in [1.54, 1.807) is 33.9 Å². The zero-order valence-corrected chi connectivity index (χ0v) is 35.1. The Morgan fingerprint density at radius 1 is 1.02 bits per heavy atom. The van der Waals surface area contributed by atoms with Crippen molar-refractivity contribution in [1.29, 1.82) is 0 Å². The lowest BCUT2D eigenvalue weighted by Gasteiger charge is -2.35. The minimum atomic E-state index is -3.83. The van der Waals surface area contributed by atoms with E-state index in [9.17, 15) is 32.4 Å². The summed E-state index contributed by atoms with van der Waals surface area (Å²) in [5.74, 6) is -1.27. The van der Waals surface area contributed by atoms with Crippen LogP contribution in [0.25, 0.3) is 22.2 Å². The number of carbonyl (C=O) groups is 4. The summed E-state index contributed by atoms with van der Waals surface area (Å²) in [6.07, 6.45) is 4.42. The second-order valence-electron chi connectivity index (χ2n) is 17.1. The minimum absolute atomic E-state index is 0.0121. The number of ether oxygens (including phenoxy) is 2. The number of H-pyrrole nitrogens is 1. The third kappa shape index (κ3) is 11.1. The predicted molar refractivity (Wildman–Crippen MR) is 223 cm³/mol. The standard InChI is InChI=1S/C43H57N5O9S/c1-8-14-31(38(50)47-58(54,55)29-19-20-29)45-39(51)34-18-13-22-48(34)40(52)37(42(2,3)4)46-41(53)57-26-43(5,6)21-12-17-28-23-30-33(25-36(28)56-7)44-32(24-35(30)49)27-15-10-9-11-16-27/h8-11,15-16,23-25,29,31,34,37H,1,12-14,17-22,26H2,2-7H3,(H,44,49)(H,45,51)(H,46,53)(H,47,50)/t31?,34-,37+/m0/s1. The Kier molecular flexibility index (Phi) is 13.8. The van der Waals surface area contributed by atoms with E-state index in [-0.39, 0.29) is 25.0 Å². The number of alkyl carbamates (subject to hydrolysis) is 1. The van der Waals surface area contributed by atoms with Crippen LogP contribution in [-0.4, -0.2) is 85.8 Å². The number of carbonyl (C=O) groups excluding carboxylic acids is 4. The summed E-state index contributed by atoms with van der Waals surface area (Å²) in [6.45, 7) is 13.3. The number of benzene rings is 2. The molecular weight excluding hydrogens is 763 g/mol. The van der Waals surface area contributed by atoms with Crippen molar-refractivity contribution in [3.05, 3.63) is 77.0 Å². The quantitative estimate of drug-likeness (QED) is 0.130. The zero-order valence-electron chi connectivity index (χ0n) is 34.3. The van der Waals surface area contributed by atoms with Crippen molar-refractivity contribution >= 4 is 44.7 Å². The number of methoxy groups -OCH3 is 1. The van der Waals surface area contributed by atoms with Gasteiger partial charge in [0.1, 0.15) is 23.9 Å². The number of amides is 4. The fourth-order valence-corrected chi connectivity index (χ4v) is 8.53. The molecule has 15 heteroatoms. The van der Waals surface area contributed by atoms with Gasteiger partial charge in [-0.15, -0.1) is 6.58 Å². The summed E-state index contributed by atoms with van der Waals surface area (Å²) < 4.78 is 38.2. The van der Waals surface area contributed by atoms with Crippen molar-refractivity contribution in [1.82, 2.24) is 25.2 Å². The average Bonchev–Trinajstić information content (AvgIpc) is 3.93. The van der Waals surface area contributed by atoms with E-state index in [0.29, 0.717) is 61.6 Å². The Hall–Kier alpha value is -5.18. The lowest BCUT2D eigenvalue weighted by molar-refractivity contribution is -0.142. The summed E-state index contributed by atoms with van der Waals surface area (Å²) >= 11 is 0. The monoisotopic (exact) mass is 819 g/mol. The molecule has 2 aromatic carbocycles. The van der Waals surface area contributed by atoms with Gasteiger partial charge in [0.05, 0.1) is 24.5 Å². The van der Waals surface area contributed by atoms with Gasteiger partial charge in [-0.1, -0.05) is 71.0 Å². The van der Waals surface area contributed by atoms with Gasteiger partial charge in [0.25, 0.3) is 5.91 Å². The molecule has 4 N–H and O–H groups in total. The highest BCUT2D eigenvalue weighted by Gasteiger charge is 2.43. The van der Waals surface area contributed by atoms with E-state index in [1.165, 1.54) is 11.0 Å². The third-order valence-electron chi connectivity index (χ3n) is 10.7. The van der Waals surface area contributed by atoms with Crippen LogP contribution in [-0.2, 0) is 35.6 Å². The van der Waals surface area contributed by atoms with Crippen LogP contribution >= 0.6 is 0 Å². The number of hydrogen-bond acceptors (Lipinski definition) is 9. The summed E-state index contributed by atoms with van der Waals surface area (Å²) in [5.41, 5.74) is 1.92. The molecule has 58 heavy (non-hydrogen) atoms. The summed E-state index contributed by atoms with van der Waals surface area (Å²) in [4.78, 5) is 71.6. The Morgan fingerprint density at radius 3 is 2.36 bits per heavy atom. The van der Waals surface area contributed by atoms with Crippen LogP contribution in [0.3, 0.4) is 0 Å². The van der Waals surface area contributed by atoms with Gasteiger partial charge >= 0.3 is 6.09 Å². The molecule has 5 rings (SSSR count). The van der Waals surface area contributed by atoms with Crippen LogP contribution in [0.15, 0.2) is 66.0 Å². The second kappa shape index (κ2) is 18.2. The molecule has 1 aliphatic carbocycles. The number of nitrogens with one attached hydrogen (secondary N) is 4. The molecular formula is C43H57N5O9S. The molecule has 0 spiro atoms. The largest absolute Gasteiger partial charge is 0.496 e. The second-order valence-corrected chi connectivity index (χ2v) is 19.1. The lowest BCUT2D eigenvalue weighted by atomic mass is 9.85. The van der Waals surface area contributed by atoms with E-state index in [2.05, 4.69) is 26.9 Å². The first-order valence-corrected chi connectivity index (χ1v) is 21.4. The van der Waals surface area contributed by atoms with E-state index >= 15 is 0 Å². The van der Waals surface area contributed by atoms with Gasteiger partial charge < -0.3 is 30.0 Å². The highest BCUT2D eigenvalue weighted by atomic mass is 32.2. The fourth-order valence-electron chi connectivity index (χ4n) is 7.19. The first-order valence-electron chi connectivity index (χ1n) is 19.8. The maximum Gasteiger partial charge on any atom is 0.407 e. The lowest BCUT2D eigenvalue weighted by Crippen LogP contribution is -2.59. The maximum atomic E-state index is 14.0. The number of nitrogens with zero attached hydrogens (tertiary/aromatic N) is 1. The van der Waals surface area contributed by atoms with Crippen LogP contribution in [0.1, 0.15) is 85.1 Å². The molecule has 314 valence electrons. The summed E-state index contributed by atoms with van der Waals surface area (Å²) in [7, 11) is -2.24. The normalized spacial score (nSPS) is 16.9. The highest BCUT2D eigenvalue weighted by molar-refractivity contribution is 7.90. The van der Waals surface area contributed by atoms with E-state index in [0.717, 1.165) is 16.8 Å². The number of hydrogen-bond donors (Lipinski definition) is 4. The SMILES string of the molecule is C=CCC(NC(=O)[C@@H]1CCCN1C(=O)[C@@H](NC(=O)OCC(C)(C)CCCc1cc2c(=O)cc(-c3ccccc3)[nH]c2cc1OC)C(C)(C)C)C(=O)NS(=O)(=O)C1CC1. The Balaban J connectivity index is 1.17. The van der Waals surface area contributed by atoms with E-state index in [4.69, 9.17) is 9.47 Å². The molecule has 4 amide bonds. The molecule has 2 aliphatic rings. The number of sulfonamides is 1. The van der Waals surface area contributed by atoms with E-state index < -0.39 is 68.0 Å². The van der Waals surface area contributed by atoms with Crippen molar-refractivity contribution in [2.45, 2.75) is 109 Å². The third-order valence-corrected chi connectivity index (χ3v) is 12.5. The molecule has 1 saturated carbocycles. The first kappa shape index (κ1) is 43.9. The Bertz CT molecular complexity index is 2180. The number of aryl methyl sites for hydroxylation is 1. The molecule has 0 radical (unpaired) electrons. The van der Waals surface area contributed by atoms with Gasteiger partial charge in [-0.05, 0) is 79.4 Å². The molecule has 3 atom stereocenters. The number of pyridine rings is 1. The van der Waals surface area contributed by atoms with Gasteiger partial charge in [-0.25, -0.2) is 13.2 Å². The number of likely N-dealkylation sites (tertiary alicyclic amines) is 1. The predicted octanol–water partition coefficient (Wildman–Crippen LogP) is 5.35. The molecule has 2 heterocycles. The van der Waals surface area contributed by atoms with Gasteiger partial charge in [0, 0.05) is 29.8 Å². The fraction of sp³-hybridized carbons (Fsp3) is 0.512. The highest BCUT2D eigenvalue weighted by Crippen LogP contribution is 2.31. The van der Waals surface area contributed by atoms with Crippen molar-refractivity contribution in [3.63, 3.8) is 0 Å². The molecule has 14 nitrogen and oxygen atoms in total. The molecule has 1 aliphatic heterocycles. The zero-order chi connectivity index (χ0) is 42.4. The minimum Gasteiger partial charge on any atom is -0.496 e. The first-order chi connectivity index (χ1) is 27.3. The molecule has 2 fully saturated rings. The number of aromatic amines is 1. The molecule has 3 aromatic rings. The number of aromatic nitrogens is 1. The number of rotatable bonds is 17. The van der Waals surface area contributed by atoms with Gasteiger partial charge in [-0.2, -0.15) is 0 Å². The Labute approximate surface area is 340 Å². The van der Waals surface area contributed by atoms with Crippen LogP contribution in [0, 0.1) is 10.8 Å². The van der Waals surface area contributed by atoms with Crippen LogP contribution < -0.4 is 25.5 Å². The summed E-state index contributed by atoms with van der Waals surface area (Å²) in [6, 6.07) is 11.8. The maximum absolute atomic E-state index is 14.0. The van der Waals surface area contributed by atoms with Crippen molar-refractivity contribution < 1.29 is 37.1 Å². The van der Waals surface area contributed by atoms with Crippen molar-refractivity contribution in [2.75, 3.05) is 20.3 Å². The molecule has 1 saturated heterocycles. The van der Waals surface area contributed by atoms with Crippen LogP contribution in [0.4, 0.5) is 4.79 Å². The van der Waals surface area contributed by atoms with Gasteiger partial charge in [-0.3, -0.25) is 23.9 Å². The topological polar surface area (TPSA) is 193 Å². The average molecular weight is 820 g/mol. The van der Waals surface area contributed by atoms with Crippen LogP contribution in [0.2, 0.25) is 0 Å². The summed E-state index contributed by atoms with van der Waals surface area (Å²) in [5, 5.41) is 5.31. The van der Waals surface area contributed by atoms with Gasteiger partial charge in [0.15, 0.2) is 5.43 Å². The smallest absolute Gasteiger partial charge is 0.407 e. The van der Waals surface area contributed by atoms with Gasteiger partial charge in [0.2, 0.25) is 21.8 Å². The van der Waals surface area contributed by atoms with E-state index in [1.807, 2.05) is 56.3 Å². The molecule has 0 bridgehead atoms. The number of fused-ring (bicyclic) bond motifs is 1.